The number of carboxylic acid groups (broad SMARTS) is 1. The zero-order chi connectivity index (χ0) is 25.1. The first kappa shape index (κ1) is 24.5. The molecule has 3 aromatic rings. The highest BCUT2D eigenvalue weighted by Gasteiger charge is 2.22. The predicted molar refractivity (Wildman–Crippen MR) is 132 cm³/mol. The van der Waals surface area contributed by atoms with E-state index >= 15 is 0 Å². The number of aromatic nitrogens is 2. The van der Waals surface area contributed by atoms with E-state index in [1.807, 2.05) is 6.92 Å². The fraction of sp³-hybridized carbons (Fsp3) is 0.308. The zero-order valence-corrected chi connectivity index (χ0v) is 20.6. The number of nitrogens with zero attached hydrogens (tertiary/aromatic N) is 2. The van der Waals surface area contributed by atoms with Gasteiger partial charge in [0.05, 0.1) is 19.0 Å². The lowest BCUT2D eigenvalue weighted by Gasteiger charge is -2.13. The molecule has 1 aliphatic heterocycles. The van der Waals surface area contributed by atoms with Gasteiger partial charge in [-0.1, -0.05) is 24.9 Å². The third kappa shape index (κ3) is 5.07. The zero-order valence-electron chi connectivity index (χ0n) is 19.8. The molecule has 9 heteroatoms. The Bertz CT molecular complexity index is 1300. The van der Waals surface area contributed by atoms with Crippen LogP contribution in [0.25, 0.3) is 17.3 Å². The number of aliphatic carboxylic acids is 1. The van der Waals surface area contributed by atoms with E-state index in [4.69, 9.17) is 25.8 Å². The molecule has 2 aromatic carbocycles. The van der Waals surface area contributed by atoms with Gasteiger partial charge in [0.15, 0.2) is 11.5 Å². The molecular formula is C26H27ClN2O6. The second-order valence-corrected chi connectivity index (χ2v) is 8.72. The van der Waals surface area contributed by atoms with Crippen molar-refractivity contribution in [1.29, 1.82) is 0 Å². The Morgan fingerprint density at radius 3 is 2.69 bits per heavy atom. The van der Waals surface area contributed by atoms with Crippen LogP contribution in [0.5, 0.6) is 23.0 Å². The molecule has 0 saturated carbocycles. The van der Waals surface area contributed by atoms with Crippen molar-refractivity contribution in [2.75, 3.05) is 13.9 Å². The summed E-state index contributed by atoms with van der Waals surface area (Å²) in [5, 5.41) is 25.7. The number of fused-ring (bicyclic) bond motifs is 1. The van der Waals surface area contributed by atoms with Gasteiger partial charge < -0.3 is 24.4 Å². The van der Waals surface area contributed by atoms with Crippen molar-refractivity contribution in [3.8, 4) is 34.3 Å². The van der Waals surface area contributed by atoms with Gasteiger partial charge in [0.1, 0.15) is 11.5 Å². The van der Waals surface area contributed by atoms with Crippen LogP contribution in [-0.4, -0.2) is 39.9 Å². The molecule has 0 unspecified atom stereocenters. The predicted octanol–water partition coefficient (Wildman–Crippen LogP) is 5.47. The normalized spacial score (nSPS) is 12.7. The van der Waals surface area contributed by atoms with Crippen molar-refractivity contribution in [2.24, 2.45) is 0 Å². The van der Waals surface area contributed by atoms with Gasteiger partial charge in [-0.15, -0.1) is 0 Å². The second-order valence-electron chi connectivity index (χ2n) is 8.31. The Balaban J connectivity index is 1.80. The molecule has 0 aliphatic carbocycles. The molecule has 0 spiro atoms. The van der Waals surface area contributed by atoms with E-state index in [1.165, 1.54) is 7.11 Å². The molecule has 0 radical (unpaired) electrons. The third-order valence-corrected chi connectivity index (χ3v) is 6.29. The van der Waals surface area contributed by atoms with Crippen LogP contribution >= 0.6 is 11.6 Å². The number of phenols is 1. The first-order valence-corrected chi connectivity index (χ1v) is 11.7. The summed E-state index contributed by atoms with van der Waals surface area (Å²) in [6, 6.07) is 6.70. The molecule has 1 aliphatic rings. The van der Waals surface area contributed by atoms with Gasteiger partial charge in [0, 0.05) is 46.3 Å². The second kappa shape index (κ2) is 10.3. The number of unbranched alkanes of at least 4 members (excludes halogenated alkanes) is 1. The summed E-state index contributed by atoms with van der Waals surface area (Å²) in [6.45, 7) is 4.60. The number of rotatable bonds is 9. The monoisotopic (exact) mass is 498 g/mol. The lowest BCUT2D eigenvalue weighted by Crippen LogP contribution is -2.06. The molecule has 2 N–H and O–H groups in total. The standard InChI is InChI=1S/C26H27ClN2O6/c1-4-5-6-29-25(19-11-20(27)15(2)7-21(19)30)18(13-28-29)9-17(26(31)32)8-16-10-23-24(35-14-34-23)12-22(16)33-3/h7,9-13,30H,4-6,8,14H2,1-3H3,(H,31,32)/b17-9-. The number of hydrogen-bond donors (Lipinski definition) is 2. The third-order valence-electron chi connectivity index (χ3n) is 5.88. The first-order valence-electron chi connectivity index (χ1n) is 11.3. The van der Waals surface area contributed by atoms with Gasteiger partial charge in [0.2, 0.25) is 6.79 Å². The van der Waals surface area contributed by atoms with Crippen molar-refractivity contribution in [1.82, 2.24) is 9.78 Å². The minimum Gasteiger partial charge on any atom is -0.507 e. The minimum atomic E-state index is -1.08. The van der Waals surface area contributed by atoms with Gasteiger partial charge in [-0.05, 0) is 43.2 Å². The number of carboxylic acids is 1. The van der Waals surface area contributed by atoms with Crippen LogP contribution < -0.4 is 14.2 Å². The number of methoxy groups -OCH3 is 1. The smallest absolute Gasteiger partial charge is 0.331 e. The molecule has 0 amide bonds. The summed E-state index contributed by atoms with van der Waals surface area (Å²) in [5.74, 6) is 0.566. The van der Waals surface area contributed by atoms with Crippen molar-refractivity contribution >= 4 is 23.6 Å². The lowest BCUT2D eigenvalue weighted by atomic mass is 9.99. The van der Waals surface area contributed by atoms with Gasteiger partial charge in [0.25, 0.3) is 0 Å². The van der Waals surface area contributed by atoms with Crippen molar-refractivity contribution in [3.63, 3.8) is 0 Å². The molecule has 8 nitrogen and oxygen atoms in total. The Morgan fingerprint density at radius 2 is 2.00 bits per heavy atom. The molecule has 35 heavy (non-hydrogen) atoms. The maximum absolute atomic E-state index is 12.3. The van der Waals surface area contributed by atoms with Gasteiger partial charge in [-0.3, -0.25) is 4.68 Å². The van der Waals surface area contributed by atoms with Crippen LogP contribution in [0.15, 0.2) is 36.0 Å². The largest absolute Gasteiger partial charge is 0.507 e. The van der Waals surface area contributed by atoms with Gasteiger partial charge in [-0.25, -0.2) is 4.79 Å². The number of aromatic hydroxyl groups is 1. The average Bonchev–Trinajstić information content (AvgIpc) is 3.45. The Labute approximate surface area is 208 Å². The SMILES string of the molecule is CCCCn1ncc(/C=C(/Cc2cc3c(cc2OC)OCO3)C(=O)O)c1-c1cc(Cl)c(C)cc1O. The Hall–Kier alpha value is -3.65. The number of carbonyl (C=O) groups is 1. The quantitative estimate of drug-likeness (QED) is 0.377. The molecule has 1 aromatic heterocycles. The van der Waals surface area contributed by atoms with Crippen LogP contribution in [0.3, 0.4) is 0 Å². The lowest BCUT2D eigenvalue weighted by molar-refractivity contribution is -0.132. The fourth-order valence-electron chi connectivity index (χ4n) is 4.01. The van der Waals surface area contributed by atoms with E-state index in [1.54, 1.807) is 41.2 Å². The van der Waals surface area contributed by atoms with E-state index in [0.717, 1.165) is 18.4 Å². The Morgan fingerprint density at radius 1 is 1.26 bits per heavy atom. The average molecular weight is 499 g/mol. The van der Waals surface area contributed by atoms with E-state index in [0.29, 0.717) is 51.2 Å². The summed E-state index contributed by atoms with van der Waals surface area (Å²) in [6.07, 6.45) is 5.09. The van der Waals surface area contributed by atoms with Crippen LogP contribution in [-0.2, 0) is 17.8 Å². The first-order chi connectivity index (χ1) is 16.8. The van der Waals surface area contributed by atoms with Crippen molar-refractivity contribution in [2.45, 2.75) is 39.7 Å². The molecule has 2 heterocycles. The number of hydrogen-bond acceptors (Lipinski definition) is 6. The maximum atomic E-state index is 12.3. The Kier molecular flexibility index (Phi) is 7.21. The van der Waals surface area contributed by atoms with Crippen molar-refractivity contribution < 1.29 is 29.2 Å². The summed E-state index contributed by atoms with van der Waals surface area (Å²) in [7, 11) is 1.52. The van der Waals surface area contributed by atoms with E-state index in [9.17, 15) is 15.0 Å². The number of benzene rings is 2. The minimum absolute atomic E-state index is 0.0501. The molecule has 0 atom stereocenters. The molecule has 0 saturated heterocycles. The number of halogens is 1. The summed E-state index contributed by atoms with van der Waals surface area (Å²) < 4.78 is 18.1. The number of aryl methyl sites for hydroxylation is 2. The number of ether oxygens (including phenoxy) is 3. The van der Waals surface area contributed by atoms with Gasteiger partial charge in [-0.2, -0.15) is 5.10 Å². The maximum Gasteiger partial charge on any atom is 0.331 e. The molecule has 184 valence electrons. The van der Waals surface area contributed by atoms with E-state index < -0.39 is 5.97 Å². The summed E-state index contributed by atoms with van der Waals surface area (Å²) in [4.78, 5) is 12.3. The fourth-order valence-corrected chi connectivity index (χ4v) is 4.17. The van der Waals surface area contributed by atoms with Crippen LogP contribution in [0.4, 0.5) is 0 Å². The molecule has 0 fully saturated rings. The molecular weight excluding hydrogens is 472 g/mol. The van der Waals surface area contributed by atoms with Crippen LogP contribution in [0.2, 0.25) is 5.02 Å². The molecule has 0 bridgehead atoms. The van der Waals surface area contributed by atoms with E-state index in [2.05, 4.69) is 12.0 Å². The van der Waals surface area contributed by atoms with E-state index in [-0.39, 0.29) is 24.5 Å². The van der Waals surface area contributed by atoms with Crippen molar-refractivity contribution in [3.05, 3.63) is 57.7 Å². The summed E-state index contributed by atoms with van der Waals surface area (Å²) in [5.41, 5.74) is 3.17. The molecule has 4 rings (SSSR count). The highest BCUT2D eigenvalue weighted by Crippen LogP contribution is 2.40. The van der Waals surface area contributed by atoms with Gasteiger partial charge >= 0.3 is 5.97 Å². The highest BCUT2D eigenvalue weighted by molar-refractivity contribution is 6.31. The number of phenolic OH excluding ortho intramolecular Hbond substituents is 1. The summed E-state index contributed by atoms with van der Waals surface area (Å²) >= 11 is 6.37. The topological polar surface area (TPSA) is 103 Å². The van der Waals surface area contributed by atoms with Crippen LogP contribution in [0.1, 0.15) is 36.5 Å². The highest BCUT2D eigenvalue weighted by atomic mass is 35.5. The van der Waals surface area contributed by atoms with Crippen LogP contribution in [0, 0.1) is 6.92 Å².